The van der Waals surface area contributed by atoms with Crippen LogP contribution in [0.4, 0.5) is 17.1 Å². The van der Waals surface area contributed by atoms with Crippen LogP contribution in [0.3, 0.4) is 0 Å². The van der Waals surface area contributed by atoms with Crippen LogP contribution in [0.5, 0.6) is 0 Å². The molecule has 0 spiro atoms. The summed E-state index contributed by atoms with van der Waals surface area (Å²) in [5, 5.41) is 0.658. The van der Waals surface area contributed by atoms with Crippen LogP contribution in [-0.2, 0) is 10.8 Å². The van der Waals surface area contributed by atoms with Crippen molar-refractivity contribution < 1.29 is 0 Å². The Morgan fingerprint density at radius 1 is 0.606 bits per heavy atom. The fraction of sp³-hybridized carbons (Fsp3) is 0.379. The van der Waals surface area contributed by atoms with Crippen molar-refractivity contribution in [3.63, 3.8) is 0 Å². The molecule has 3 aromatic rings. The zero-order chi connectivity index (χ0) is 25.4. The first-order valence-corrected chi connectivity index (χ1v) is 12.4. The summed E-state index contributed by atoms with van der Waals surface area (Å²) in [6, 6.07) is 20.3. The van der Waals surface area contributed by atoms with Gasteiger partial charge in [0.05, 0.1) is 0 Å². The summed E-state index contributed by atoms with van der Waals surface area (Å²) in [6.07, 6.45) is 0.877. The molecule has 0 saturated carbocycles. The molecule has 3 aromatic carbocycles. The SMILES string of the molecule is CC.CC.CC.CC1(c2cc(N)cc(N)c2)CC(C)(c2cc(N)cc(Cl)c2)c2ccccc21. The number of hydrogen-bond donors (Lipinski definition) is 3. The minimum Gasteiger partial charge on any atom is -0.399 e. The number of halogens is 1. The lowest BCUT2D eigenvalue weighted by Gasteiger charge is -2.31. The first kappa shape index (κ1) is 28.4. The third-order valence-electron chi connectivity index (χ3n) is 6.00. The van der Waals surface area contributed by atoms with Crippen LogP contribution in [0.15, 0.2) is 60.7 Å². The fourth-order valence-corrected chi connectivity index (χ4v) is 5.03. The minimum absolute atomic E-state index is 0.216. The van der Waals surface area contributed by atoms with Crippen molar-refractivity contribution in [1.82, 2.24) is 0 Å². The average molecular weight is 468 g/mol. The molecule has 2 unspecified atom stereocenters. The second-order valence-electron chi connectivity index (χ2n) is 8.05. The molecule has 1 aliphatic rings. The van der Waals surface area contributed by atoms with E-state index in [9.17, 15) is 0 Å². The molecule has 3 nitrogen and oxygen atoms in total. The highest BCUT2D eigenvalue weighted by molar-refractivity contribution is 6.30. The van der Waals surface area contributed by atoms with Crippen molar-refractivity contribution in [3.8, 4) is 0 Å². The third-order valence-corrected chi connectivity index (χ3v) is 6.21. The summed E-state index contributed by atoms with van der Waals surface area (Å²) in [6.45, 7) is 16.5. The number of nitrogen functional groups attached to an aromatic ring is 3. The Bertz CT molecular complexity index is 924. The van der Waals surface area contributed by atoms with E-state index in [0.29, 0.717) is 22.1 Å². The van der Waals surface area contributed by atoms with Crippen molar-refractivity contribution in [3.05, 3.63) is 87.9 Å². The Kier molecular flexibility index (Phi) is 10.3. The molecule has 0 fully saturated rings. The van der Waals surface area contributed by atoms with Crippen molar-refractivity contribution in [2.75, 3.05) is 17.2 Å². The molecule has 6 N–H and O–H groups in total. The van der Waals surface area contributed by atoms with Crippen LogP contribution >= 0.6 is 11.6 Å². The average Bonchev–Trinajstić information content (AvgIpc) is 3.06. The van der Waals surface area contributed by atoms with Gasteiger partial charge in [-0.25, -0.2) is 0 Å². The molecule has 33 heavy (non-hydrogen) atoms. The monoisotopic (exact) mass is 467 g/mol. The van der Waals surface area contributed by atoms with Crippen LogP contribution in [0.1, 0.15) is 84.1 Å². The van der Waals surface area contributed by atoms with E-state index in [0.717, 1.165) is 17.5 Å². The molecule has 0 aromatic heterocycles. The van der Waals surface area contributed by atoms with Crippen molar-refractivity contribution in [2.45, 2.75) is 72.6 Å². The zero-order valence-electron chi connectivity index (χ0n) is 21.6. The van der Waals surface area contributed by atoms with E-state index in [1.165, 1.54) is 11.1 Å². The smallest absolute Gasteiger partial charge is 0.0429 e. The van der Waals surface area contributed by atoms with Crippen LogP contribution in [0.25, 0.3) is 0 Å². The molecule has 4 heteroatoms. The first-order valence-electron chi connectivity index (χ1n) is 12.1. The van der Waals surface area contributed by atoms with Gasteiger partial charge in [-0.1, -0.05) is 91.3 Å². The number of anilines is 3. The van der Waals surface area contributed by atoms with E-state index in [1.807, 2.05) is 65.8 Å². The molecule has 0 radical (unpaired) electrons. The zero-order valence-corrected chi connectivity index (χ0v) is 22.3. The molecule has 4 rings (SSSR count). The number of hydrogen-bond acceptors (Lipinski definition) is 3. The summed E-state index contributed by atoms with van der Waals surface area (Å²) in [7, 11) is 0. The normalized spacial score (nSPS) is 20.2. The van der Waals surface area contributed by atoms with Crippen molar-refractivity contribution in [2.24, 2.45) is 0 Å². The Morgan fingerprint density at radius 2 is 0.970 bits per heavy atom. The fourth-order valence-electron chi connectivity index (χ4n) is 4.78. The van der Waals surface area contributed by atoms with Crippen LogP contribution in [0.2, 0.25) is 5.02 Å². The van der Waals surface area contributed by atoms with Gasteiger partial charge in [0, 0.05) is 32.9 Å². The van der Waals surface area contributed by atoms with Crippen molar-refractivity contribution >= 4 is 28.7 Å². The molecular weight excluding hydrogens is 426 g/mol. The van der Waals surface area contributed by atoms with Gasteiger partial charge in [-0.3, -0.25) is 0 Å². The van der Waals surface area contributed by atoms with E-state index in [1.54, 1.807) is 12.1 Å². The van der Waals surface area contributed by atoms with E-state index < -0.39 is 0 Å². The van der Waals surface area contributed by atoms with Gasteiger partial charge in [0.1, 0.15) is 0 Å². The molecule has 0 heterocycles. The maximum Gasteiger partial charge on any atom is 0.0429 e. The lowest BCUT2D eigenvalue weighted by Crippen LogP contribution is -2.26. The van der Waals surface area contributed by atoms with Gasteiger partial charge in [0.2, 0.25) is 0 Å². The Hall–Kier alpha value is -2.65. The van der Waals surface area contributed by atoms with E-state index in [4.69, 9.17) is 28.8 Å². The largest absolute Gasteiger partial charge is 0.399 e. The standard InChI is InChI=1S/C23H24ClN3.3C2H6/c1-22(14-7-16(24)11-17(25)8-14)13-23(2,21-6-4-3-5-20(21)22)15-9-18(26)12-19(27)10-15;3*1-2/h3-12H,13,25-27H2,1-2H3;3*1-2H3. The number of benzene rings is 3. The highest BCUT2D eigenvalue weighted by atomic mass is 35.5. The maximum absolute atomic E-state index is 6.33. The number of nitrogens with two attached hydrogens (primary N) is 3. The van der Waals surface area contributed by atoms with Crippen molar-refractivity contribution in [1.29, 1.82) is 0 Å². The minimum atomic E-state index is -0.219. The van der Waals surface area contributed by atoms with Gasteiger partial charge >= 0.3 is 0 Å². The van der Waals surface area contributed by atoms with Crippen LogP contribution in [-0.4, -0.2) is 0 Å². The summed E-state index contributed by atoms with van der Waals surface area (Å²) >= 11 is 6.33. The first-order chi connectivity index (χ1) is 15.7. The van der Waals surface area contributed by atoms with E-state index in [-0.39, 0.29) is 10.8 Å². The summed E-state index contributed by atoms with van der Waals surface area (Å²) < 4.78 is 0. The lowest BCUT2D eigenvalue weighted by atomic mass is 9.72. The highest BCUT2D eigenvalue weighted by Gasteiger charge is 2.49. The molecule has 0 bridgehead atoms. The van der Waals surface area contributed by atoms with Crippen LogP contribution < -0.4 is 17.2 Å². The van der Waals surface area contributed by atoms with Gasteiger partial charge in [-0.05, 0) is 65.1 Å². The summed E-state index contributed by atoms with van der Waals surface area (Å²) in [4.78, 5) is 0. The molecule has 1 aliphatic carbocycles. The van der Waals surface area contributed by atoms with Gasteiger partial charge in [-0.2, -0.15) is 0 Å². The second kappa shape index (κ2) is 12.0. The van der Waals surface area contributed by atoms with Gasteiger partial charge in [-0.15, -0.1) is 0 Å². The predicted octanol–water partition coefficient (Wildman–Crippen LogP) is 8.18. The molecule has 0 amide bonds. The van der Waals surface area contributed by atoms with Gasteiger partial charge in [0.25, 0.3) is 0 Å². The summed E-state index contributed by atoms with van der Waals surface area (Å²) in [5.74, 6) is 0. The lowest BCUT2D eigenvalue weighted by molar-refractivity contribution is 0.450. The molecular formula is C29H42ClN3. The second-order valence-corrected chi connectivity index (χ2v) is 8.48. The third kappa shape index (κ3) is 5.65. The van der Waals surface area contributed by atoms with E-state index >= 15 is 0 Å². The summed E-state index contributed by atoms with van der Waals surface area (Å²) in [5.41, 5.74) is 24.8. The van der Waals surface area contributed by atoms with Crippen LogP contribution in [0, 0.1) is 0 Å². The Balaban J connectivity index is 0.000000841. The van der Waals surface area contributed by atoms with E-state index in [2.05, 4.69) is 38.1 Å². The Labute approximate surface area is 206 Å². The predicted molar refractivity (Wildman–Crippen MR) is 149 cm³/mol. The number of fused-ring (bicyclic) bond motifs is 1. The molecule has 180 valence electrons. The quantitative estimate of drug-likeness (QED) is 0.332. The maximum atomic E-state index is 6.33. The highest BCUT2D eigenvalue weighted by Crippen LogP contribution is 2.56. The Morgan fingerprint density at radius 3 is 1.36 bits per heavy atom. The topological polar surface area (TPSA) is 78.1 Å². The number of rotatable bonds is 2. The molecule has 0 saturated heterocycles. The molecule has 0 aliphatic heterocycles. The van der Waals surface area contributed by atoms with Gasteiger partial charge < -0.3 is 17.2 Å². The van der Waals surface area contributed by atoms with Gasteiger partial charge in [0.15, 0.2) is 0 Å². The molecule has 2 atom stereocenters.